The Balaban J connectivity index is 1.94. The molecule has 0 radical (unpaired) electrons. The van der Waals surface area contributed by atoms with E-state index in [0.717, 1.165) is 0 Å². The largest absolute Gasteiger partial charge is 0.465 e. The first-order chi connectivity index (χ1) is 13.2. The first-order valence-electron chi connectivity index (χ1n) is 8.81. The molecule has 8 heteroatoms. The summed E-state index contributed by atoms with van der Waals surface area (Å²) in [6.07, 6.45) is 1.48. The third-order valence-corrected chi connectivity index (χ3v) is 4.05. The molecule has 0 bridgehead atoms. The Morgan fingerprint density at radius 2 is 2.28 bits per heavy atom. The van der Waals surface area contributed by atoms with Gasteiger partial charge in [0.15, 0.2) is 5.82 Å². The highest BCUT2D eigenvalue weighted by Crippen LogP contribution is 2.30. The lowest BCUT2D eigenvalue weighted by molar-refractivity contribution is 0.0596. The molecule has 25 heavy (non-hydrogen) atoms. The van der Waals surface area contributed by atoms with Crippen molar-refractivity contribution in [3.63, 3.8) is 0 Å². The Hall–Kier alpha value is -3.29. The second kappa shape index (κ2) is 5.37. The van der Waals surface area contributed by atoms with Crippen LogP contribution < -0.4 is 0 Å². The zero-order valence-electron chi connectivity index (χ0n) is 16.3. The van der Waals surface area contributed by atoms with Crippen LogP contribution in [0.25, 0.3) is 33.2 Å². The fourth-order valence-electron chi connectivity index (χ4n) is 2.88. The van der Waals surface area contributed by atoms with E-state index in [4.69, 9.17) is 4.11 Å². The molecule has 0 aliphatic carbocycles. The Kier molecular flexibility index (Phi) is 2.60. The molecule has 0 amide bonds. The highest BCUT2D eigenvalue weighted by Gasteiger charge is 2.19. The van der Waals surface area contributed by atoms with E-state index >= 15 is 0 Å². The van der Waals surface area contributed by atoms with Gasteiger partial charge in [-0.1, -0.05) is 5.21 Å². The molecule has 1 N–H and O–H groups in total. The van der Waals surface area contributed by atoms with Crippen LogP contribution in [-0.2, 0) is 11.8 Å². The molecule has 0 aliphatic rings. The lowest BCUT2D eigenvalue weighted by Crippen LogP contribution is -2.04. The molecule has 1 aromatic carbocycles. The third-order valence-electron chi connectivity index (χ3n) is 4.05. The SMILES string of the molecule is [2H]C([2H])([2H])c1nnn(C)c1-c1cnc2c(c1)[nH]c1c(F)c(C(=O)OC)ccc12. The predicted molar refractivity (Wildman–Crippen MR) is 89.6 cm³/mol. The number of H-pyrrole nitrogens is 1. The molecule has 0 saturated carbocycles. The standard InChI is InChI=1S/C17H14FN5O2/c1-8-16(23(2)22-21-8)9-6-12-14(19-7-9)11-5-4-10(17(24)25-3)13(18)15(11)20-12/h4-7,20H,1-3H3/i1D3. The predicted octanol–water partition coefficient (Wildman–Crippen LogP) is 2.75. The number of aromatic nitrogens is 5. The van der Waals surface area contributed by atoms with Gasteiger partial charge in [0, 0.05) is 28.3 Å². The van der Waals surface area contributed by atoms with Gasteiger partial charge in [-0.3, -0.25) is 4.98 Å². The molecule has 7 nitrogen and oxygen atoms in total. The zero-order valence-corrected chi connectivity index (χ0v) is 13.3. The Morgan fingerprint density at radius 3 is 3.04 bits per heavy atom. The summed E-state index contributed by atoms with van der Waals surface area (Å²) in [7, 11) is 2.75. The minimum Gasteiger partial charge on any atom is -0.465 e. The molecule has 0 spiro atoms. The molecular formula is C17H14FN5O2. The van der Waals surface area contributed by atoms with E-state index in [-0.39, 0.29) is 16.8 Å². The number of hydrogen-bond acceptors (Lipinski definition) is 5. The lowest BCUT2D eigenvalue weighted by atomic mass is 10.1. The van der Waals surface area contributed by atoms with Crippen LogP contribution in [0.4, 0.5) is 4.39 Å². The number of carbonyl (C=O) groups is 1. The molecule has 3 aromatic heterocycles. The summed E-state index contributed by atoms with van der Waals surface area (Å²) in [5, 5.41) is 8.03. The van der Waals surface area contributed by atoms with Crippen molar-refractivity contribution in [2.45, 2.75) is 6.85 Å². The minimum absolute atomic E-state index is 0.113. The topological polar surface area (TPSA) is 85.7 Å². The van der Waals surface area contributed by atoms with Crippen molar-refractivity contribution in [1.29, 1.82) is 0 Å². The van der Waals surface area contributed by atoms with Gasteiger partial charge < -0.3 is 9.72 Å². The second-order valence-electron chi connectivity index (χ2n) is 5.50. The van der Waals surface area contributed by atoms with Gasteiger partial charge in [0.2, 0.25) is 0 Å². The van der Waals surface area contributed by atoms with Gasteiger partial charge in [0.05, 0.1) is 40.6 Å². The van der Waals surface area contributed by atoms with Crippen molar-refractivity contribution in [3.05, 3.63) is 41.5 Å². The van der Waals surface area contributed by atoms with Gasteiger partial charge in [-0.25, -0.2) is 13.9 Å². The van der Waals surface area contributed by atoms with Crippen LogP contribution >= 0.6 is 0 Å². The van der Waals surface area contributed by atoms with Crippen LogP contribution in [-0.4, -0.2) is 38.0 Å². The van der Waals surface area contributed by atoms with Crippen molar-refractivity contribution in [3.8, 4) is 11.3 Å². The van der Waals surface area contributed by atoms with Gasteiger partial charge in [0.1, 0.15) is 0 Å². The number of esters is 1. The van der Waals surface area contributed by atoms with Crippen molar-refractivity contribution in [2.24, 2.45) is 7.05 Å². The number of nitrogens with one attached hydrogen (secondary N) is 1. The Bertz CT molecular complexity index is 1250. The van der Waals surface area contributed by atoms with Crippen molar-refractivity contribution in [2.75, 3.05) is 7.11 Å². The third kappa shape index (κ3) is 2.18. The number of pyridine rings is 1. The smallest absolute Gasteiger partial charge is 0.340 e. The van der Waals surface area contributed by atoms with Crippen molar-refractivity contribution >= 4 is 27.9 Å². The van der Waals surface area contributed by atoms with Crippen LogP contribution in [0.3, 0.4) is 0 Å². The highest BCUT2D eigenvalue weighted by molar-refractivity contribution is 6.08. The lowest BCUT2D eigenvalue weighted by Gasteiger charge is -2.02. The second-order valence-corrected chi connectivity index (χ2v) is 5.50. The fraction of sp³-hybridized carbons (Fsp3) is 0.176. The molecule has 0 saturated heterocycles. The number of halogens is 1. The van der Waals surface area contributed by atoms with Crippen molar-refractivity contribution in [1.82, 2.24) is 25.0 Å². The Labute approximate surface area is 145 Å². The highest BCUT2D eigenvalue weighted by atomic mass is 19.1. The quantitative estimate of drug-likeness (QED) is 0.566. The van der Waals surface area contributed by atoms with Crippen LogP contribution in [0.1, 0.15) is 20.2 Å². The van der Waals surface area contributed by atoms with Gasteiger partial charge in [-0.05, 0) is 25.1 Å². The van der Waals surface area contributed by atoms with Crippen molar-refractivity contribution < 1.29 is 18.0 Å². The molecular weight excluding hydrogens is 325 g/mol. The number of benzene rings is 1. The summed E-state index contributed by atoms with van der Waals surface area (Å²) in [5.74, 6) is -1.52. The number of rotatable bonds is 2. The summed E-state index contributed by atoms with van der Waals surface area (Å²) in [6.45, 7) is -2.44. The van der Waals surface area contributed by atoms with Crippen LogP contribution in [0.2, 0.25) is 0 Å². The van der Waals surface area contributed by atoms with E-state index in [1.54, 1.807) is 19.2 Å². The number of carbonyl (C=O) groups excluding carboxylic acids is 1. The number of aromatic amines is 1. The number of hydrogen-bond donors (Lipinski definition) is 1. The summed E-state index contributed by atoms with van der Waals surface area (Å²) < 4.78 is 43.6. The molecule has 4 aromatic rings. The maximum atomic E-state index is 14.7. The van der Waals surface area contributed by atoms with E-state index in [0.29, 0.717) is 27.7 Å². The summed E-state index contributed by atoms with van der Waals surface area (Å²) in [4.78, 5) is 19.0. The first-order valence-corrected chi connectivity index (χ1v) is 7.31. The molecule has 126 valence electrons. The van der Waals surface area contributed by atoms with E-state index in [1.807, 2.05) is 0 Å². The zero-order chi connectivity index (χ0) is 20.2. The van der Waals surface area contributed by atoms with Gasteiger partial charge in [0.25, 0.3) is 0 Å². The molecule has 0 fully saturated rings. The van der Waals surface area contributed by atoms with E-state index in [2.05, 4.69) is 25.0 Å². The number of ether oxygens (including phenoxy) is 1. The van der Waals surface area contributed by atoms with Gasteiger partial charge in [-0.15, -0.1) is 5.10 Å². The normalized spacial score (nSPS) is 13.6. The molecule has 0 aliphatic heterocycles. The maximum Gasteiger partial charge on any atom is 0.340 e. The van der Waals surface area contributed by atoms with Crippen LogP contribution in [0.5, 0.6) is 0 Å². The fourth-order valence-corrected chi connectivity index (χ4v) is 2.88. The van der Waals surface area contributed by atoms with E-state index in [9.17, 15) is 9.18 Å². The molecule has 3 heterocycles. The molecule has 0 atom stereocenters. The van der Waals surface area contributed by atoms with Gasteiger partial charge in [-0.2, -0.15) is 0 Å². The van der Waals surface area contributed by atoms with E-state index < -0.39 is 18.6 Å². The number of methoxy groups -OCH3 is 1. The first kappa shape index (κ1) is 12.1. The average molecular weight is 342 g/mol. The van der Waals surface area contributed by atoms with E-state index in [1.165, 1.54) is 24.1 Å². The molecule has 0 unspecified atom stereocenters. The number of nitrogens with zero attached hydrogens (tertiary/aromatic N) is 4. The summed E-state index contributed by atoms with van der Waals surface area (Å²) in [5.41, 5.74) is 1.50. The van der Waals surface area contributed by atoms with Crippen LogP contribution in [0.15, 0.2) is 24.4 Å². The minimum atomic E-state index is -2.44. The Morgan fingerprint density at radius 1 is 1.44 bits per heavy atom. The van der Waals surface area contributed by atoms with Gasteiger partial charge >= 0.3 is 5.97 Å². The monoisotopic (exact) mass is 342 g/mol. The summed E-state index contributed by atoms with van der Waals surface area (Å²) in [6, 6.07) is 4.56. The number of aryl methyl sites for hydroxylation is 2. The maximum absolute atomic E-state index is 14.7. The number of fused-ring (bicyclic) bond motifs is 3. The summed E-state index contributed by atoms with van der Waals surface area (Å²) >= 11 is 0. The van der Waals surface area contributed by atoms with Crippen LogP contribution in [0, 0.1) is 12.7 Å². The average Bonchev–Trinajstić information content (AvgIpc) is 3.21. The molecule has 4 rings (SSSR count).